The Morgan fingerprint density at radius 1 is 1.26 bits per heavy atom. The summed E-state index contributed by atoms with van der Waals surface area (Å²) in [6.45, 7) is 8.66. The molecule has 1 aromatic heterocycles. The lowest BCUT2D eigenvalue weighted by atomic mass is 9.81. The van der Waals surface area contributed by atoms with Gasteiger partial charge in [0.15, 0.2) is 0 Å². The zero-order chi connectivity index (χ0) is 13.3. The van der Waals surface area contributed by atoms with Gasteiger partial charge in [-0.3, -0.25) is 0 Å². The molecule has 4 heteroatoms. The molecule has 1 saturated carbocycles. The van der Waals surface area contributed by atoms with Crippen LogP contribution in [0.25, 0.3) is 0 Å². The summed E-state index contributed by atoms with van der Waals surface area (Å²) in [5.74, 6) is 1.61. The standard InChI is InChI=1S/C15H24N4/c1-15(2)10-16-6-7-19(11-15)14-17-8-13(9-18-14)12-4-3-5-12/h8-9,12,16H,3-7,10-11H2,1-2H3. The molecule has 0 amide bonds. The maximum atomic E-state index is 4.60. The number of rotatable bonds is 2. The topological polar surface area (TPSA) is 41.0 Å². The van der Waals surface area contributed by atoms with Crippen LogP contribution in [-0.4, -0.2) is 36.1 Å². The van der Waals surface area contributed by atoms with Gasteiger partial charge in [-0.15, -0.1) is 0 Å². The Kier molecular flexibility index (Phi) is 3.44. The fraction of sp³-hybridized carbons (Fsp3) is 0.733. The molecule has 0 spiro atoms. The maximum absolute atomic E-state index is 4.60. The van der Waals surface area contributed by atoms with E-state index in [4.69, 9.17) is 0 Å². The highest BCUT2D eigenvalue weighted by atomic mass is 15.3. The first kappa shape index (κ1) is 12.9. The zero-order valence-corrected chi connectivity index (χ0v) is 12.0. The molecular formula is C15H24N4. The van der Waals surface area contributed by atoms with Crippen molar-refractivity contribution in [3.05, 3.63) is 18.0 Å². The molecule has 4 nitrogen and oxygen atoms in total. The second-order valence-electron chi connectivity index (χ2n) is 6.71. The predicted molar refractivity (Wildman–Crippen MR) is 77.5 cm³/mol. The first-order valence-corrected chi connectivity index (χ1v) is 7.42. The van der Waals surface area contributed by atoms with Crippen LogP contribution < -0.4 is 10.2 Å². The van der Waals surface area contributed by atoms with E-state index in [-0.39, 0.29) is 5.41 Å². The van der Waals surface area contributed by atoms with E-state index in [0.717, 1.165) is 38.0 Å². The second kappa shape index (κ2) is 5.08. The molecular weight excluding hydrogens is 236 g/mol. The second-order valence-corrected chi connectivity index (χ2v) is 6.71. The molecule has 3 rings (SSSR count). The van der Waals surface area contributed by atoms with E-state index in [9.17, 15) is 0 Å². The van der Waals surface area contributed by atoms with Gasteiger partial charge in [0.05, 0.1) is 0 Å². The summed E-state index contributed by atoms with van der Waals surface area (Å²) >= 11 is 0. The molecule has 2 fully saturated rings. The van der Waals surface area contributed by atoms with Gasteiger partial charge in [0.25, 0.3) is 0 Å². The van der Waals surface area contributed by atoms with Crippen molar-refractivity contribution >= 4 is 5.95 Å². The van der Waals surface area contributed by atoms with Crippen LogP contribution in [0.5, 0.6) is 0 Å². The molecule has 0 unspecified atom stereocenters. The third-order valence-electron chi connectivity index (χ3n) is 4.30. The molecule has 19 heavy (non-hydrogen) atoms. The van der Waals surface area contributed by atoms with Gasteiger partial charge in [0, 0.05) is 38.6 Å². The number of aromatic nitrogens is 2. The molecule has 0 atom stereocenters. The largest absolute Gasteiger partial charge is 0.339 e. The van der Waals surface area contributed by atoms with Gasteiger partial charge in [0.2, 0.25) is 5.95 Å². The fourth-order valence-corrected chi connectivity index (χ4v) is 2.91. The lowest BCUT2D eigenvalue weighted by Gasteiger charge is -2.29. The summed E-state index contributed by atoms with van der Waals surface area (Å²) in [6, 6.07) is 0. The fourth-order valence-electron chi connectivity index (χ4n) is 2.91. The molecule has 1 aliphatic heterocycles. The van der Waals surface area contributed by atoms with Crippen molar-refractivity contribution in [2.24, 2.45) is 5.41 Å². The Hall–Kier alpha value is -1.16. The third-order valence-corrected chi connectivity index (χ3v) is 4.30. The molecule has 1 aromatic rings. The molecule has 2 heterocycles. The Labute approximate surface area is 115 Å². The summed E-state index contributed by atoms with van der Waals surface area (Å²) in [6.07, 6.45) is 8.06. The minimum absolute atomic E-state index is 0.270. The normalized spacial score (nSPS) is 23.8. The van der Waals surface area contributed by atoms with Crippen molar-refractivity contribution in [2.45, 2.75) is 39.0 Å². The maximum Gasteiger partial charge on any atom is 0.225 e. The Morgan fingerprint density at radius 2 is 2.00 bits per heavy atom. The Bertz CT molecular complexity index is 422. The average molecular weight is 260 g/mol. The smallest absolute Gasteiger partial charge is 0.225 e. The van der Waals surface area contributed by atoms with Crippen LogP contribution in [-0.2, 0) is 0 Å². The van der Waals surface area contributed by atoms with Crippen molar-refractivity contribution in [1.29, 1.82) is 0 Å². The van der Waals surface area contributed by atoms with E-state index in [2.05, 4.69) is 34.0 Å². The molecule has 0 aromatic carbocycles. The quantitative estimate of drug-likeness (QED) is 0.885. The first-order chi connectivity index (χ1) is 9.14. The summed E-state index contributed by atoms with van der Waals surface area (Å²) in [5, 5.41) is 3.49. The number of nitrogens with zero attached hydrogens (tertiary/aromatic N) is 3. The summed E-state index contributed by atoms with van der Waals surface area (Å²) in [4.78, 5) is 11.5. The summed E-state index contributed by atoms with van der Waals surface area (Å²) in [5.41, 5.74) is 1.59. The predicted octanol–water partition coefficient (Wildman–Crippen LogP) is 2.18. The molecule has 104 valence electrons. The first-order valence-electron chi connectivity index (χ1n) is 7.42. The van der Waals surface area contributed by atoms with Gasteiger partial charge in [-0.25, -0.2) is 9.97 Å². The van der Waals surface area contributed by atoms with Gasteiger partial charge in [-0.2, -0.15) is 0 Å². The van der Waals surface area contributed by atoms with Gasteiger partial charge < -0.3 is 10.2 Å². The van der Waals surface area contributed by atoms with Crippen molar-refractivity contribution in [2.75, 3.05) is 31.1 Å². The highest BCUT2D eigenvalue weighted by Crippen LogP contribution is 2.35. The van der Waals surface area contributed by atoms with Crippen LogP contribution in [0.3, 0.4) is 0 Å². The molecule has 1 N–H and O–H groups in total. The van der Waals surface area contributed by atoms with Crippen molar-refractivity contribution in [3.63, 3.8) is 0 Å². The van der Waals surface area contributed by atoms with Gasteiger partial charge in [-0.1, -0.05) is 20.3 Å². The molecule has 0 bridgehead atoms. The van der Waals surface area contributed by atoms with Crippen LogP contribution >= 0.6 is 0 Å². The number of nitrogens with one attached hydrogen (secondary N) is 1. The molecule has 1 saturated heterocycles. The molecule has 2 aliphatic rings. The van der Waals surface area contributed by atoms with Crippen LogP contribution in [0.15, 0.2) is 12.4 Å². The van der Waals surface area contributed by atoms with E-state index in [1.165, 1.54) is 24.8 Å². The average Bonchev–Trinajstić information content (AvgIpc) is 2.49. The van der Waals surface area contributed by atoms with E-state index in [1.54, 1.807) is 0 Å². The van der Waals surface area contributed by atoms with E-state index in [0.29, 0.717) is 0 Å². The van der Waals surface area contributed by atoms with Crippen LogP contribution in [0.2, 0.25) is 0 Å². The zero-order valence-electron chi connectivity index (χ0n) is 12.0. The summed E-state index contributed by atoms with van der Waals surface area (Å²) < 4.78 is 0. The van der Waals surface area contributed by atoms with Gasteiger partial charge in [-0.05, 0) is 29.7 Å². The number of anilines is 1. The minimum Gasteiger partial charge on any atom is -0.339 e. The molecule has 1 aliphatic carbocycles. The summed E-state index contributed by atoms with van der Waals surface area (Å²) in [7, 11) is 0. The Balaban J connectivity index is 1.73. The highest BCUT2D eigenvalue weighted by molar-refractivity contribution is 5.32. The van der Waals surface area contributed by atoms with Crippen LogP contribution in [0.4, 0.5) is 5.95 Å². The van der Waals surface area contributed by atoms with Crippen molar-refractivity contribution in [1.82, 2.24) is 15.3 Å². The van der Waals surface area contributed by atoms with Crippen molar-refractivity contribution < 1.29 is 0 Å². The number of hydrogen-bond acceptors (Lipinski definition) is 4. The van der Waals surface area contributed by atoms with Gasteiger partial charge >= 0.3 is 0 Å². The molecule has 0 radical (unpaired) electrons. The van der Waals surface area contributed by atoms with E-state index >= 15 is 0 Å². The highest BCUT2D eigenvalue weighted by Gasteiger charge is 2.26. The monoisotopic (exact) mass is 260 g/mol. The van der Waals surface area contributed by atoms with Crippen LogP contribution in [0.1, 0.15) is 44.6 Å². The van der Waals surface area contributed by atoms with E-state index < -0.39 is 0 Å². The van der Waals surface area contributed by atoms with E-state index in [1.807, 2.05) is 12.4 Å². The Morgan fingerprint density at radius 3 is 2.63 bits per heavy atom. The van der Waals surface area contributed by atoms with Crippen molar-refractivity contribution in [3.8, 4) is 0 Å². The lowest BCUT2D eigenvalue weighted by Crippen LogP contribution is -2.36. The minimum atomic E-state index is 0.270. The van der Waals surface area contributed by atoms with Gasteiger partial charge in [0.1, 0.15) is 0 Å². The van der Waals surface area contributed by atoms with Crippen LogP contribution in [0, 0.1) is 5.41 Å². The SMILES string of the molecule is CC1(C)CNCCN(c2ncc(C3CCC3)cn2)C1. The number of hydrogen-bond donors (Lipinski definition) is 1. The lowest BCUT2D eigenvalue weighted by molar-refractivity contribution is 0.369. The third kappa shape index (κ3) is 2.89.